The smallest absolute Gasteiger partial charge is 0.277 e. The summed E-state index contributed by atoms with van der Waals surface area (Å²) in [4.78, 5) is 11.8. The van der Waals surface area contributed by atoms with E-state index in [1.807, 2.05) is 37.3 Å². The fourth-order valence-corrected chi connectivity index (χ4v) is 3.13. The van der Waals surface area contributed by atoms with Gasteiger partial charge in [-0.25, -0.2) is 5.43 Å². The van der Waals surface area contributed by atoms with Gasteiger partial charge in [0.1, 0.15) is 0 Å². The quantitative estimate of drug-likeness (QED) is 0.527. The molecule has 0 saturated carbocycles. The highest BCUT2D eigenvalue weighted by molar-refractivity contribution is 9.11. The van der Waals surface area contributed by atoms with E-state index in [1.165, 1.54) is 12.7 Å². The second kappa shape index (κ2) is 8.84. The Morgan fingerprint density at radius 1 is 1.25 bits per heavy atom. The molecule has 0 aliphatic heterocycles. The van der Waals surface area contributed by atoms with Gasteiger partial charge >= 0.3 is 0 Å². The third-order valence-corrected chi connectivity index (χ3v) is 4.07. The monoisotopic (exact) mass is 454 g/mol. The highest BCUT2D eigenvalue weighted by atomic mass is 79.9. The van der Waals surface area contributed by atoms with E-state index in [1.54, 1.807) is 12.3 Å². The van der Waals surface area contributed by atoms with Crippen LogP contribution in [0.2, 0.25) is 0 Å². The molecular weight excluding hydrogens is 440 g/mol. The van der Waals surface area contributed by atoms with Crippen LogP contribution in [0, 0.1) is 6.92 Å². The van der Waals surface area contributed by atoms with Gasteiger partial charge in [0.15, 0.2) is 18.1 Å². The van der Waals surface area contributed by atoms with Crippen LogP contribution in [-0.2, 0) is 4.79 Å². The van der Waals surface area contributed by atoms with Gasteiger partial charge in [-0.3, -0.25) is 4.79 Å². The van der Waals surface area contributed by atoms with E-state index in [-0.39, 0.29) is 12.5 Å². The molecular formula is C17H16Br2N2O3. The second-order valence-corrected chi connectivity index (χ2v) is 6.68. The molecule has 0 spiro atoms. The summed E-state index contributed by atoms with van der Waals surface area (Å²) in [5.74, 6) is 0.612. The van der Waals surface area contributed by atoms with Crippen molar-refractivity contribution in [2.75, 3.05) is 13.7 Å². The van der Waals surface area contributed by atoms with E-state index >= 15 is 0 Å². The van der Waals surface area contributed by atoms with E-state index < -0.39 is 0 Å². The molecule has 1 amide bonds. The molecule has 0 unspecified atom stereocenters. The number of hydrogen-bond acceptors (Lipinski definition) is 4. The molecule has 5 nitrogen and oxygen atoms in total. The van der Waals surface area contributed by atoms with Gasteiger partial charge in [0.25, 0.3) is 5.91 Å². The summed E-state index contributed by atoms with van der Waals surface area (Å²) in [6, 6.07) is 11.4. The van der Waals surface area contributed by atoms with Crippen LogP contribution in [0.1, 0.15) is 11.1 Å². The summed E-state index contributed by atoms with van der Waals surface area (Å²) in [5, 5.41) is 3.91. The zero-order valence-corrected chi connectivity index (χ0v) is 16.3. The first kappa shape index (κ1) is 18.5. The number of aryl methyl sites for hydroxylation is 1. The van der Waals surface area contributed by atoms with Crippen LogP contribution in [0.4, 0.5) is 0 Å². The number of nitrogens with one attached hydrogen (secondary N) is 1. The summed E-state index contributed by atoms with van der Waals surface area (Å²) in [6.45, 7) is 1.83. The van der Waals surface area contributed by atoms with Gasteiger partial charge in [-0.15, -0.1) is 0 Å². The third kappa shape index (κ3) is 5.35. The van der Waals surface area contributed by atoms with Crippen molar-refractivity contribution in [3.63, 3.8) is 0 Å². The molecule has 24 heavy (non-hydrogen) atoms. The van der Waals surface area contributed by atoms with E-state index in [4.69, 9.17) is 9.47 Å². The third-order valence-electron chi connectivity index (χ3n) is 3.02. The maximum atomic E-state index is 11.8. The molecule has 0 aliphatic carbocycles. The van der Waals surface area contributed by atoms with E-state index in [2.05, 4.69) is 42.4 Å². The Balaban J connectivity index is 1.91. The summed E-state index contributed by atoms with van der Waals surface area (Å²) in [5.41, 5.74) is 4.49. The van der Waals surface area contributed by atoms with Crippen LogP contribution in [0.25, 0.3) is 0 Å². The first-order valence-electron chi connectivity index (χ1n) is 7.04. The van der Waals surface area contributed by atoms with Crippen LogP contribution in [-0.4, -0.2) is 25.8 Å². The molecule has 0 fully saturated rings. The highest BCUT2D eigenvalue weighted by Crippen LogP contribution is 2.38. The molecule has 0 heterocycles. The molecule has 2 rings (SSSR count). The molecule has 0 saturated heterocycles. The summed E-state index contributed by atoms with van der Waals surface area (Å²) in [7, 11) is 1.53. The number of hydrazone groups is 1. The number of carbonyl (C=O) groups excluding carboxylic acids is 1. The van der Waals surface area contributed by atoms with Gasteiger partial charge in [-0.05, 0) is 40.5 Å². The van der Waals surface area contributed by atoms with E-state index in [0.717, 1.165) is 10.0 Å². The molecule has 0 radical (unpaired) electrons. The zero-order valence-electron chi connectivity index (χ0n) is 13.2. The number of halogens is 2. The molecule has 0 aliphatic rings. The Morgan fingerprint density at radius 3 is 2.62 bits per heavy atom. The van der Waals surface area contributed by atoms with Crippen molar-refractivity contribution in [3.8, 4) is 11.5 Å². The molecule has 2 aromatic carbocycles. The normalized spacial score (nSPS) is 10.7. The van der Waals surface area contributed by atoms with E-state index in [0.29, 0.717) is 16.0 Å². The van der Waals surface area contributed by atoms with Crippen molar-refractivity contribution in [3.05, 3.63) is 56.5 Å². The van der Waals surface area contributed by atoms with Gasteiger partial charge in [-0.1, -0.05) is 45.8 Å². The number of nitrogens with zero attached hydrogens (tertiary/aromatic N) is 1. The van der Waals surface area contributed by atoms with Gasteiger partial charge in [-0.2, -0.15) is 5.10 Å². The zero-order chi connectivity index (χ0) is 17.5. The van der Waals surface area contributed by atoms with Crippen LogP contribution in [0.3, 0.4) is 0 Å². The molecule has 126 valence electrons. The SMILES string of the molecule is COc1cc(Br)cc(Br)c1OCC(=O)N/N=C\c1ccc(C)cc1. The minimum absolute atomic E-state index is 0.179. The molecule has 7 heteroatoms. The number of methoxy groups -OCH3 is 1. The Kier molecular flexibility index (Phi) is 6.81. The maximum absolute atomic E-state index is 11.8. The summed E-state index contributed by atoms with van der Waals surface area (Å²) < 4.78 is 12.3. The minimum Gasteiger partial charge on any atom is -0.493 e. The van der Waals surface area contributed by atoms with Crippen LogP contribution < -0.4 is 14.9 Å². The van der Waals surface area contributed by atoms with Gasteiger partial charge in [0.05, 0.1) is 17.8 Å². The molecule has 0 aromatic heterocycles. The van der Waals surface area contributed by atoms with Crippen LogP contribution >= 0.6 is 31.9 Å². The average molecular weight is 456 g/mol. The summed E-state index contributed by atoms with van der Waals surface area (Å²) in [6.07, 6.45) is 1.58. The van der Waals surface area contributed by atoms with Crippen molar-refractivity contribution in [1.29, 1.82) is 0 Å². The highest BCUT2D eigenvalue weighted by Gasteiger charge is 2.12. The van der Waals surface area contributed by atoms with Crippen molar-refractivity contribution in [2.45, 2.75) is 6.92 Å². The van der Waals surface area contributed by atoms with Crippen molar-refractivity contribution in [2.24, 2.45) is 5.10 Å². The molecule has 2 aromatic rings. The molecule has 1 N–H and O–H groups in total. The minimum atomic E-state index is -0.366. The Labute approximate surface area is 157 Å². The first-order valence-corrected chi connectivity index (χ1v) is 8.62. The lowest BCUT2D eigenvalue weighted by Crippen LogP contribution is -2.24. The largest absolute Gasteiger partial charge is 0.493 e. The van der Waals surface area contributed by atoms with Gasteiger partial charge in [0, 0.05) is 4.47 Å². The Hall–Kier alpha value is -1.86. The number of ether oxygens (including phenoxy) is 2. The number of benzene rings is 2. The lowest BCUT2D eigenvalue weighted by Gasteiger charge is -2.12. The van der Waals surface area contributed by atoms with Gasteiger partial charge in [0.2, 0.25) is 0 Å². The number of rotatable bonds is 6. The van der Waals surface area contributed by atoms with Gasteiger partial charge < -0.3 is 9.47 Å². The van der Waals surface area contributed by atoms with Crippen molar-refractivity contribution in [1.82, 2.24) is 5.43 Å². The topological polar surface area (TPSA) is 59.9 Å². The van der Waals surface area contributed by atoms with E-state index in [9.17, 15) is 4.79 Å². The second-order valence-electron chi connectivity index (χ2n) is 4.91. The number of carbonyl (C=O) groups is 1. The standard InChI is InChI=1S/C17H16Br2N2O3/c1-11-3-5-12(6-4-11)9-20-21-16(22)10-24-17-14(19)7-13(18)8-15(17)23-2/h3-9H,10H2,1-2H3,(H,21,22)/b20-9-. The summed E-state index contributed by atoms with van der Waals surface area (Å²) >= 11 is 6.75. The predicted molar refractivity (Wildman–Crippen MR) is 101 cm³/mol. The van der Waals surface area contributed by atoms with Crippen LogP contribution in [0.15, 0.2) is 50.4 Å². The first-order chi connectivity index (χ1) is 11.5. The van der Waals surface area contributed by atoms with Crippen molar-refractivity contribution < 1.29 is 14.3 Å². The fourth-order valence-electron chi connectivity index (χ4n) is 1.83. The van der Waals surface area contributed by atoms with Crippen LogP contribution in [0.5, 0.6) is 11.5 Å². The lowest BCUT2D eigenvalue weighted by atomic mass is 10.2. The fraction of sp³-hybridized carbons (Fsp3) is 0.176. The molecule has 0 bridgehead atoms. The Morgan fingerprint density at radius 2 is 1.96 bits per heavy atom. The predicted octanol–water partition coefficient (Wildman–Crippen LogP) is 4.06. The maximum Gasteiger partial charge on any atom is 0.277 e. The number of amides is 1. The average Bonchev–Trinajstić information content (AvgIpc) is 2.55. The number of hydrogen-bond donors (Lipinski definition) is 1. The lowest BCUT2D eigenvalue weighted by molar-refractivity contribution is -0.123. The Bertz CT molecular complexity index is 746. The molecule has 0 atom stereocenters. The van der Waals surface area contributed by atoms with Crippen molar-refractivity contribution >= 4 is 44.0 Å².